The van der Waals surface area contributed by atoms with Gasteiger partial charge in [-0.1, -0.05) is 17.8 Å². The smallest absolute Gasteiger partial charge is 0.269 e. The molecule has 2 aromatic rings. The molecule has 1 N–H and O–H groups in total. The zero-order valence-corrected chi connectivity index (χ0v) is 11.4. The molecule has 0 saturated carbocycles. The SMILES string of the molecule is C[C@H](O)c1ccc(Sc2ccc([N+](=O)[O-])cc2)c(F)c1. The Morgan fingerprint density at radius 1 is 1.25 bits per heavy atom. The maximum atomic E-state index is 13.9. The molecule has 0 aliphatic rings. The average molecular weight is 293 g/mol. The van der Waals surface area contributed by atoms with Crippen LogP contribution >= 0.6 is 11.8 Å². The van der Waals surface area contributed by atoms with E-state index in [2.05, 4.69) is 0 Å². The summed E-state index contributed by atoms with van der Waals surface area (Å²) in [7, 11) is 0. The molecule has 0 amide bonds. The van der Waals surface area contributed by atoms with Crippen LogP contribution in [0.2, 0.25) is 0 Å². The van der Waals surface area contributed by atoms with E-state index in [1.807, 2.05) is 0 Å². The number of hydrogen-bond acceptors (Lipinski definition) is 4. The highest BCUT2D eigenvalue weighted by molar-refractivity contribution is 7.99. The lowest BCUT2D eigenvalue weighted by atomic mass is 10.1. The van der Waals surface area contributed by atoms with Crippen LogP contribution in [-0.4, -0.2) is 10.0 Å². The van der Waals surface area contributed by atoms with Crippen LogP contribution in [0.1, 0.15) is 18.6 Å². The standard InChI is InChI=1S/C14H12FNO3S/c1-9(17)10-2-7-14(13(15)8-10)20-12-5-3-11(4-6-12)16(18)19/h2-9,17H,1H3/t9-/m0/s1. The van der Waals surface area contributed by atoms with Gasteiger partial charge in [-0.2, -0.15) is 0 Å². The largest absolute Gasteiger partial charge is 0.389 e. The van der Waals surface area contributed by atoms with Crippen molar-refractivity contribution in [1.29, 1.82) is 0 Å². The number of aliphatic hydroxyl groups is 1. The number of hydrogen-bond donors (Lipinski definition) is 1. The Morgan fingerprint density at radius 2 is 1.90 bits per heavy atom. The van der Waals surface area contributed by atoms with E-state index in [0.717, 1.165) is 0 Å². The third-order valence-electron chi connectivity index (χ3n) is 2.71. The number of rotatable bonds is 4. The van der Waals surface area contributed by atoms with Crippen molar-refractivity contribution >= 4 is 17.4 Å². The van der Waals surface area contributed by atoms with E-state index in [0.29, 0.717) is 15.4 Å². The zero-order valence-electron chi connectivity index (χ0n) is 10.6. The van der Waals surface area contributed by atoms with Crippen LogP contribution in [-0.2, 0) is 0 Å². The van der Waals surface area contributed by atoms with E-state index >= 15 is 0 Å². The molecule has 0 heterocycles. The Bertz CT molecular complexity index is 629. The summed E-state index contributed by atoms with van der Waals surface area (Å²) in [6.07, 6.45) is -0.720. The molecular formula is C14H12FNO3S. The number of aliphatic hydroxyl groups excluding tert-OH is 1. The lowest BCUT2D eigenvalue weighted by molar-refractivity contribution is -0.384. The summed E-state index contributed by atoms with van der Waals surface area (Å²) < 4.78 is 13.9. The van der Waals surface area contributed by atoms with Crippen LogP contribution in [0.4, 0.5) is 10.1 Å². The molecule has 0 fully saturated rings. The van der Waals surface area contributed by atoms with Gasteiger partial charge < -0.3 is 5.11 Å². The molecule has 0 aliphatic carbocycles. The van der Waals surface area contributed by atoms with Crippen molar-refractivity contribution in [2.75, 3.05) is 0 Å². The molecule has 0 aromatic heterocycles. The van der Waals surface area contributed by atoms with Crippen LogP contribution in [0.15, 0.2) is 52.3 Å². The van der Waals surface area contributed by atoms with Crippen molar-refractivity contribution in [3.63, 3.8) is 0 Å². The Morgan fingerprint density at radius 3 is 2.40 bits per heavy atom. The van der Waals surface area contributed by atoms with E-state index in [1.165, 1.54) is 30.0 Å². The molecule has 2 aromatic carbocycles. The second-order valence-electron chi connectivity index (χ2n) is 4.22. The molecule has 2 rings (SSSR count). The van der Waals surface area contributed by atoms with E-state index in [9.17, 15) is 19.6 Å². The van der Waals surface area contributed by atoms with Gasteiger partial charge in [-0.3, -0.25) is 10.1 Å². The number of benzene rings is 2. The summed E-state index contributed by atoms with van der Waals surface area (Å²) >= 11 is 1.18. The van der Waals surface area contributed by atoms with Gasteiger partial charge in [-0.25, -0.2) is 4.39 Å². The number of nitrogens with zero attached hydrogens (tertiary/aromatic N) is 1. The van der Waals surface area contributed by atoms with Gasteiger partial charge in [0.25, 0.3) is 5.69 Å². The van der Waals surface area contributed by atoms with Crippen molar-refractivity contribution in [2.45, 2.75) is 22.8 Å². The van der Waals surface area contributed by atoms with Crippen LogP contribution < -0.4 is 0 Å². The highest BCUT2D eigenvalue weighted by Gasteiger charge is 2.10. The van der Waals surface area contributed by atoms with Gasteiger partial charge in [-0.15, -0.1) is 0 Å². The Kier molecular flexibility index (Phi) is 4.36. The zero-order chi connectivity index (χ0) is 14.7. The van der Waals surface area contributed by atoms with Crippen molar-refractivity contribution in [1.82, 2.24) is 0 Å². The van der Waals surface area contributed by atoms with Gasteiger partial charge in [0.2, 0.25) is 0 Å². The van der Waals surface area contributed by atoms with Crippen LogP contribution in [0.3, 0.4) is 0 Å². The maximum absolute atomic E-state index is 13.9. The molecule has 6 heteroatoms. The van der Waals surface area contributed by atoms with Crippen molar-refractivity contribution in [3.8, 4) is 0 Å². The first-order valence-corrected chi connectivity index (χ1v) is 6.69. The highest BCUT2D eigenvalue weighted by Crippen LogP contribution is 2.32. The lowest BCUT2D eigenvalue weighted by Crippen LogP contribution is -1.93. The van der Waals surface area contributed by atoms with Gasteiger partial charge in [0.05, 0.1) is 11.0 Å². The molecule has 1 atom stereocenters. The number of halogens is 1. The van der Waals surface area contributed by atoms with Gasteiger partial charge >= 0.3 is 0 Å². The van der Waals surface area contributed by atoms with Crippen LogP contribution in [0.5, 0.6) is 0 Å². The van der Waals surface area contributed by atoms with Crippen molar-refractivity contribution in [3.05, 3.63) is 64.0 Å². The van der Waals surface area contributed by atoms with Gasteiger partial charge in [0.15, 0.2) is 0 Å². The number of nitro benzene ring substituents is 1. The minimum Gasteiger partial charge on any atom is -0.389 e. The maximum Gasteiger partial charge on any atom is 0.269 e. The second kappa shape index (κ2) is 6.02. The predicted molar refractivity (Wildman–Crippen MR) is 74.3 cm³/mol. The minimum atomic E-state index is -0.720. The third kappa shape index (κ3) is 3.34. The average Bonchev–Trinajstić information content (AvgIpc) is 2.41. The first-order valence-electron chi connectivity index (χ1n) is 5.87. The Balaban J connectivity index is 2.19. The minimum absolute atomic E-state index is 0.000671. The highest BCUT2D eigenvalue weighted by atomic mass is 32.2. The molecule has 0 saturated heterocycles. The van der Waals surface area contributed by atoms with E-state index < -0.39 is 16.8 Å². The molecule has 4 nitrogen and oxygen atoms in total. The van der Waals surface area contributed by atoms with E-state index in [4.69, 9.17) is 0 Å². The molecule has 0 unspecified atom stereocenters. The molecule has 20 heavy (non-hydrogen) atoms. The third-order valence-corrected chi connectivity index (χ3v) is 3.77. The van der Waals surface area contributed by atoms with Crippen molar-refractivity contribution in [2.24, 2.45) is 0 Å². The fourth-order valence-electron chi connectivity index (χ4n) is 1.62. The fourth-order valence-corrected chi connectivity index (χ4v) is 2.44. The normalized spacial score (nSPS) is 12.2. The quantitative estimate of drug-likeness (QED) is 0.685. The molecule has 0 radical (unpaired) electrons. The van der Waals surface area contributed by atoms with E-state index in [1.54, 1.807) is 31.2 Å². The van der Waals surface area contributed by atoms with Gasteiger partial charge in [0.1, 0.15) is 5.82 Å². The first-order chi connectivity index (χ1) is 9.47. The summed E-state index contributed by atoms with van der Waals surface area (Å²) in [5.74, 6) is -0.424. The summed E-state index contributed by atoms with van der Waals surface area (Å²) in [5.41, 5.74) is 0.509. The van der Waals surface area contributed by atoms with Crippen LogP contribution in [0, 0.1) is 15.9 Å². The molecule has 0 aliphatic heterocycles. The van der Waals surface area contributed by atoms with E-state index in [-0.39, 0.29) is 5.69 Å². The summed E-state index contributed by atoms with van der Waals surface area (Å²) in [4.78, 5) is 11.2. The molecule has 104 valence electrons. The Labute approximate surface area is 119 Å². The van der Waals surface area contributed by atoms with Gasteiger partial charge in [0, 0.05) is 21.9 Å². The summed E-state index contributed by atoms with van der Waals surface area (Å²) in [6, 6.07) is 10.4. The second-order valence-corrected chi connectivity index (χ2v) is 5.33. The molecule has 0 bridgehead atoms. The number of nitro groups is 1. The van der Waals surface area contributed by atoms with Crippen molar-refractivity contribution < 1.29 is 14.4 Å². The Hall–Kier alpha value is -1.92. The van der Waals surface area contributed by atoms with Gasteiger partial charge in [-0.05, 0) is 36.8 Å². The fraction of sp³-hybridized carbons (Fsp3) is 0.143. The molecule has 0 spiro atoms. The topological polar surface area (TPSA) is 63.4 Å². The van der Waals surface area contributed by atoms with Crippen LogP contribution in [0.25, 0.3) is 0 Å². The first kappa shape index (κ1) is 14.5. The molecular weight excluding hydrogens is 281 g/mol. The predicted octanol–water partition coefficient (Wildman–Crippen LogP) is 3.94. The monoisotopic (exact) mass is 293 g/mol. The number of non-ortho nitro benzene ring substituents is 1. The summed E-state index contributed by atoms with van der Waals surface area (Å²) in [5, 5.41) is 19.9. The summed E-state index contributed by atoms with van der Waals surface area (Å²) in [6.45, 7) is 1.57. The lowest BCUT2D eigenvalue weighted by Gasteiger charge is -2.08.